The maximum Gasteiger partial charge on any atom is 0.160 e. The lowest BCUT2D eigenvalue weighted by atomic mass is 10.0. The molecule has 0 unspecified atom stereocenters. The molecule has 0 saturated heterocycles. The largest absolute Gasteiger partial charge is 0.492 e. The second kappa shape index (κ2) is 4.94. The van der Waals surface area contributed by atoms with E-state index in [2.05, 4.69) is 0 Å². The first-order valence-corrected chi connectivity index (χ1v) is 4.91. The Labute approximate surface area is 93.0 Å². The minimum atomic E-state index is -0.193. The first-order valence-electron chi connectivity index (χ1n) is 4.53. The number of halogens is 1. The van der Waals surface area contributed by atoms with Crippen LogP contribution >= 0.6 is 11.6 Å². The second-order valence-corrected chi connectivity index (χ2v) is 3.32. The molecule has 0 bridgehead atoms. The van der Waals surface area contributed by atoms with E-state index >= 15 is 0 Å². The van der Waals surface area contributed by atoms with Crippen molar-refractivity contribution in [3.63, 3.8) is 0 Å². The van der Waals surface area contributed by atoms with E-state index in [0.717, 1.165) is 0 Å². The van der Waals surface area contributed by atoms with Crippen molar-refractivity contribution in [2.24, 2.45) is 0 Å². The summed E-state index contributed by atoms with van der Waals surface area (Å²) in [6, 6.07) is 3.14. The van der Waals surface area contributed by atoms with E-state index in [-0.39, 0.29) is 16.4 Å². The zero-order valence-electron chi connectivity index (χ0n) is 8.54. The van der Waals surface area contributed by atoms with Crippen molar-refractivity contribution in [3.05, 3.63) is 28.3 Å². The number of ketones is 1. The number of carbonyl (C=O) groups is 2. The van der Waals surface area contributed by atoms with Crippen molar-refractivity contribution in [2.75, 3.05) is 6.61 Å². The maximum absolute atomic E-state index is 11.2. The standard InChI is InChI=1S/C11H11ClO3/c1-3-15-10-5-4-8(7(2)14)9(6-13)11(10)12/h4-6H,3H2,1-2H3. The average molecular weight is 227 g/mol. The van der Waals surface area contributed by atoms with Gasteiger partial charge in [-0.1, -0.05) is 11.6 Å². The van der Waals surface area contributed by atoms with Gasteiger partial charge in [-0.05, 0) is 26.0 Å². The SMILES string of the molecule is CCOc1ccc(C(C)=O)c(C=O)c1Cl. The van der Waals surface area contributed by atoms with Gasteiger partial charge in [0, 0.05) is 11.1 Å². The van der Waals surface area contributed by atoms with Gasteiger partial charge in [0.25, 0.3) is 0 Å². The first-order chi connectivity index (χ1) is 7.11. The van der Waals surface area contributed by atoms with Gasteiger partial charge in [0.1, 0.15) is 5.75 Å². The predicted octanol–water partition coefficient (Wildman–Crippen LogP) is 2.75. The van der Waals surface area contributed by atoms with Gasteiger partial charge < -0.3 is 4.74 Å². The van der Waals surface area contributed by atoms with Crippen LogP contribution in [0, 0.1) is 0 Å². The summed E-state index contributed by atoms with van der Waals surface area (Å²) in [6.07, 6.45) is 0.571. The van der Waals surface area contributed by atoms with E-state index in [1.807, 2.05) is 6.92 Å². The van der Waals surface area contributed by atoms with Gasteiger partial charge in [-0.3, -0.25) is 9.59 Å². The van der Waals surface area contributed by atoms with Crippen LogP contribution in [0.2, 0.25) is 5.02 Å². The average Bonchev–Trinajstić information content (AvgIpc) is 2.20. The van der Waals surface area contributed by atoms with Gasteiger partial charge in [0.15, 0.2) is 12.1 Å². The van der Waals surface area contributed by atoms with Crippen molar-refractivity contribution in [3.8, 4) is 5.75 Å². The van der Waals surface area contributed by atoms with Gasteiger partial charge in [0.05, 0.1) is 11.6 Å². The molecule has 0 N–H and O–H groups in total. The van der Waals surface area contributed by atoms with Crippen LogP contribution in [0.1, 0.15) is 34.6 Å². The Hall–Kier alpha value is -1.35. The van der Waals surface area contributed by atoms with E-state index in [9.17, 15) is 9.59 Å². The third-order valence-corrected chi connectivity index (χ3v) is 2.33. The van der Waals surface area contributed by atoms with E-state index in [0.29, 0.717) is 24.2 Å². The summed E-state index contributed by atoms with van der Waals surface area (Å²) in [6.45, 7) is 3.66. The lowest BCUT2D eigenvalue weighted by Gasteiger charge is -2.09. The Morgan fingerprint density at radius 1 is 1.53 bits per heavy atom. The Morgan fingerprint density at radius 2 is 2.20 bits per heavy atom. The number of benzene rings is 1. The van der Waals surface area contributed by atoms with Gasteiger partial charge >= 0.3 is 0 Å². The number of hydrogen-bond donors (Lipinski definition) is 0. The summed E-state index contributed by atoms with van der Waals surface area (Å²) in [5.41, 5.74) is 0.508. The molecule has 0 amide bonds. The highest BCUT2D eigenvalue weighted by molar-refractivity contribution is 6.35. The van der Waals surface area contributed by atoms with Crippen molar-refractivity contribution in [1.82, 2.24) is 0 Å². The fourth-order valence-corrected chi connectivity index (χ4v) is 1.53. The second-order valence-electron chi connectivity index (χ2n) is 2.95. The molecule has 1 aromatic rings. The molecule has 0 radical (unpaired) electrons. The lowest BCUT2D eigenvalue weighted by Crippen LogP contribution is -2.02. The predicted molar refractivity (Wildman–Crippen MR) is 58.0 cm³/mol. The van der Waals surface area contributed by atoms with Crippen LogP contribution in [0.3, 0.4) is 0 Å². The number of hydrogen-bond acceptors (Lipinski definition) is 3. The molecule has 0 aromatic heterocycles. The van der Waals surface area contributed by atoms with Crippen LogP contribution in [0.4, 0.5) is 0 Å². The molecule has 0 fully saturated rings. The topological polar surface area (TPSA) is 43.4 Å². The molecule has 0 saturated carbocycles. The van der Waals surface area contributed by atoms with Gasteiger partial charge in [-0.25, -0.2) is 0 Å². The van der Waals surface area contributed by atoms with Crippen LogP contribution in [-0.2, 0) is 0 Å². The number of rotatable bonds is 4. The number of Topliss-reactive ketones (excluding diaryl/α,β-unsaturated/α-hetero) is 1. The molecule has 0 spiro atoms. The van der Waals surface area contributed by atoms with Crippen LogP contribution in [0.25, 0.3) is 0 Å². The monoisotopic (exact) mass is 226 g/mol. The Bertz CT molecular complexity index is 399. The van der Waals surface area contributed by atoms with Crippen molar-refractivity contribution < 1.29 is 14.3 Å². The zero-order valence-corrected chi connectivity index (χ0v) is 9.30. The van der Waals surface area contributed by atoms with Crippen molar-refractivity contribution >= 4 is 23.7 Å². The molecule has 3 nitrogen and oxygen atoms in total. The zero-order chi connectivity index (χ0) is 11.4. The van der Waals surface area contributed by atoms with Crippen molar-refractivity contribution in [1.29, 1.82) is 0 Å². The summed E-state index contributed by atoms with van der Waals surface area (Å²) in [7, 11) is 0. The molecule has 1 rings (SSSR count). The Morgan fingerprint density at radius 3 is 2.67 bits per heavy atom. The molecule has 0 aliphatic carbocycles. The van der Waals surface area contributed by atoms with E-state index in [1.54, 1.807) is 12.1 Å². The Balaban J connectivity index is 3.32. The third kappa shape index (κ3) is 2.36. The lowest BCUT2D eigenvalue weighted by molar-refractivity contribution is 0.100. The summed E-state index contributed by atoms with van der Waals surface area (Å²) in [5.74, 6) is 0.230. The smallest absolute Gasteiger partial charge is 0.160 e. The molecular formula is C11H11ClO3. The fourth-order valence-electron chi connectivity index (χ4n) is 1.26. The quantitative estimate of drug-likeness (QED) is 0.586. The fraction of sp³-hybridized carbons (Fsp3) is 0.273. The molecule has 0 atom stereocenters. The molecule has 15 heavy (non-hydrogen) atoms. The van der Waals surface area contributed by atoms with Gasteiger partial charge in [-0.15, -0.1) is 0 Å². The molecule has 80 valence electrons. The molecule has 0 aliphatic rings. The number of aldehydes is 1. The summed E-state index contributed by atoms with van der Waals surface area (Å²) in [5, 5.41) is 0.194. The molecular weight excluding hydrogens is 216 g/mol. The minimum absolute atomic E-state index is 0.190. The van der Waals surface area contributed by atoms with Crippen LogP contribution < -0.4 is 4.74 Å². The van der Waals surface area contributed by atoms with Gasteiger partial charge in [0.2, 0.25) is 0 Å². The van der Waals surface area contributed by atoms with Crippen LogP contribution in [0.5, 0.6) is 5.75 Å². The highest BCUT2D eigenvalue weighted by atomic mass is 35.5. The molecule has 1 aromatic carbocycles. The van der Waals surface area contributed by atoms with Crippen molar-refractivity contribution in [2.45, 2.75) is 13.8 Å². The van der Waals surface area contributed by atoms with E-state index in [1.165, 1.54) is 6.92 Å². The van der Waals surface area contributed by atoms with Gasteiger partial charge in [-0.2, -0.15) is 0 Å². The highest BCUT2D eigenvalue weighted by Crippen LogP contribution is 2.30. The minimum Gasteiger partial charge on any atom is -0.492 e. The van der Waals surface area contributed by atoms with Crippen LogP contribution in [-0.4, -0.2) is 18.7 Å². The summed E-state index contributed by atoms with van der Waals surface area (Å²) in [4.78, 5) is 22.0. The highest BCUT2D eigenvalue weighted by Gasteiger charge is 2.14. The molecule has 0 heterocycles. The first kappa shape index (κ1) is 11.7. The molecule has 0 aliphatic heterocycles. The maximum atomic E-state index is 11.2. The third-order valence-electron chi connectivity index (χ3n) is 1.94. The number of ether oxygens (including phenoxy) is 1. The summed E-state index contributed by atoms with van der Waals surface area (Å²) < 4.78 is 5.21. The normalized spacial score (nSPS) is 9.80. The number of carbonyl (C=O) groups excluding carboxylic acids is 2. The van der Waals surface area contributed by atoms with E-state index < -0.39 is 0 Å². The summed E-state index contributed by atoms with van der Waals surface area (Å²) >= 11 is 5.93. The van der Waals surface area contributed by atoms with Crippen LogP contribution in [0.15, 0.2) is 12.1 Å². The van der Waals surface area contributed by atoms with E-state index in [4.69, 9.17) is 16.3 Å². The molecule has 4 heteroatoms. The Kier molecular flexibility index (Phi) is 3.86.